The smallest absolute Gasteiger partial charge is 0.262 e. The summed E-state index contributed by atoms with van der Waals surface area (Å²) in [7, 11) is 0. The average molecular weight is 466 g/mol. The molecule has 1 aliphatic rings. The molecule has 0 radical (unpaired) electrons. The second-order valence-electron chi connectivity index (χ2n) is 7.59. The highest BCUT2D eigenvalue weighted by molar-refractivity contribution is 7.98. The van der Waals surface area contributed by atoms with Gasteiger partial charge < -0.3 is 9.88 Å². The molecule has 5 rings (SSSR count). The Morgan fingerprint density at radius 3 is 2.72 bits per heavy atom. The third kappa shape index (κ3) is 3.49. The van der Waals surface area contributed by atoms with Crippen LogP contribution < -0.4 is 10.7 Å². The predicted octanol–water partition coefficient (Wildman–Crippen LogP) is 4.56. The van der Waals surface area contributed by atoms with Crippen LogP contribution in [0.4, 0.5) is 5.82 Å². The summed E-state index contributed by atoms with van der Waals surface area (Å²) < 4.78 is 3.54. The summed E-state index contributed by atoms with van der Waals surface area (Å²) in [6.07, 6.45) is 1.59. The number of thioether (sulfide) groups is 1. The van der Waals surface area contributed by atoms with Gasteiger partial charge in [-0.25, -0.2) is 9.67 Å². The predicted molar refractivity (Wildman–Crippen MR) is 128 cm³/mol. The molecule has 0 bridgehead atoms. The molecule has 7 nitrogen and oxygen atoms in total. The molecule has 0 atom stereocenters. The first-order valence-electron chi connectivity index (χ1n) is 10.2. The van der Waals surface area contributed by atoms with Crippen molar-refractivity contribution in [1.29, 1.82) is 0 Å². The zero-order valence-electron chi connectivity index (χ0n) is 17.6. The monoisotopic (exact) mass is 465 g/mol. The molecule has 0 saturated heterocycles. The Hall–Kier alpha value is -3.10. The number of hydrogen-bond donors (Lipinski definition) is 1. The van der Waals surface area contributed by atoms with Crippen molar-refractivity contribution in [3.05, 3.63) is 80.4 Å². The maximum absolute atomic E-state index is 13.3. The lowest BCUT2D eigenvalue weighted by atomic mass is 10.1. The minimum Gasteiger partial charge on any atom is -0.332 e. The van der Waals surface area contributed by atoms with Crippen LogP contribution in [0.5, 0.6) is 0 Å². The van der Waals surface area contributed by atoms with Crippen molar-refractivity contribution in [1.82, 2.24) is 19.3 Å². The fourth-order valence-corrected chi connectivity index (χ4v) is 5.01. The Morgan fingerprint density at radius 2 is 1.97 bits per heavy atom. The van der Waals surface area contributed by atoms with Gasteiger partial charge in [-0.15, -0.1) is 0 Å². The van der Waals surface area contributed by atoms with Crippen LogP contribution in [0.15, 0.2) is 47.4 Å². The van der Waals surface area contributed by atoms with E-state index in [2.05, 4.69) is 10.3 Å². The SMILES string of the molecule is CCn1cc(C(=O)Nc2c3c(nn2-c2ccc(Cl)cc2)CSC3)c(=O)c2ccc(C)nc21. The molecular weight excluding hydrogens is 446 g/mol. The van der Waals surface area contributed by atoms with Crippen LogP contribution in [0, 0.1) is 6.92 Å². The molecule has 0 unspecified atom stereocenters. The zero-order chi connectivity index (χ0) is 22.4. The van der Waals surface area contributed by atoms with Crippen LogP contribution >= 0.6 is 23.4 Å². The first-order chi connectivity index (χ1) is 15.5. The molecule has 32 heavy (non-hydrogen) atoms. The first kappa shape index (κ1) is 20.8. The number of hydrogen-bond acceptors (Lipinski definition) is 5. The van der Waals surface area contributed by atoms with Crippen molar-refractivity contribution in [3.63, 3.8) is 0 Å². The number of carbonyl (C=O) groups is 1. The molecule has 162 valence electrons. The molecule has 0 spiro atoms. The van der Waals surface area contributed by atoms with E-state index in [4.69, 9.17) is 16.7 Å². The van der Waals surface area contributed by atoms with Gasteiger partial charge in [0.15, 0.2) is 0 Å². The van der Waals surface area contributed by atoms with Crippen molar-refractivity contribution in [2.45, 2.75) is 31.9 Å². The van der Waals surface area contributed by atoms with E-state index >= 15 is 0 Å². The normalized spacial score (nSPS) is 12.8. The quantitative estimate of drug-likeness (QED) is 0.477. The Bertz CT molecular complexity index is 1430. The van der Waals surface area contributed by atoms with E-state index in [1.54, 1.807) is 46.9 Å². The highest BCUT2D eigenvalue weighted by Crippen LogP contribution is 2.36. The van der Waals surface area contributed by atoms with E-state index in [1.807, 2.05) is 30.5 Å². The molecular formula is C23H20ClN5O2S. The summed E-state index contributed by atoms with van der Waals surface area (Å²) >= 11 is 7.78. The Balaban J connectivity index is 1.60. The minimum absolute atomic E-state index is 0.0771. The van der Waals surface area contributed by atoms with Crippen molar-refractivity contribution in [2.24, 2.45) is 0 Å². The van der Waals surface area contributed by atoms with Gasteiger partial charge in [0.1, 0.15) is 17.0 Å². The number of pyridine rings is 2. The number of anilines is 1. The number of aryl methyl sites for hydroxylation is 2. The largest absolute Gasteiger partial charge is 0.332 e. The number of fused-ring (bicyclic) bond motifs is 2. The number of carbonyl (C=O) groups excluding carboxylic acids is 1. The summed E-state index contributed by atoms with van der Waals surface area (Å²) in [4.78, 5) is 31.0. The van der Waals surface area contributed by atoms with Crippen molar-refractivity contribution in [2.75, 3.05) is 5.32 Å². The molecule has 3 aromatic heterocycles. The topological polar surface area (TPSA) is 81.8 Å². The van der Waals surface area contributed by atoms with E-state index < -0.39 is 5.91 Å². The van der Waals surface area contributed by atoms with E-state index in [9.17, 15) is 9.59 Å². The molecule has 1 aromatic carbocycles. The molecule has 1 aliphatic heterocycles. The second-order valence-corrected chi connectivity index (χ2v) is 9.01. The van der Waals surface area contributed by atoms with Crippen LogP contribution in [-0.2, 0) is 18.1 Å². The van der Waals surface area contributed by atoms with Gasteiger partial charge in [0.25, 0.3) is 5.91 Å². The molecule has 0 aliphatic carbocycles. The summed E-state index contributed by atoms with van der Waals surface area (Å²) in [5.41, 5.74) is 3.84. The summed E-state index contributed by atoms with van der Waals surface area (Å²) in [5, 5.41) is 8.72. The molecule has 9 heteroatoms. The van der Waals surface area contributed by atoms with Crippen LogP contribution in [-0.4, -0.2) is 25.2 Å². The second kappa shape index (κ2) is 8.11. The molecule has 1 amide bonds. The van der Waals surface area contributed by atoms with E-state index in [1.165, 1.54) is 0 Å². The fourth-order valence-electron chi connectivity index (χ4n) is 3.85. The summed E-state index contributed by atoms with van der Waals surface area (Å²) in [5.74, 6) is 1.65. The number of benzene rings is 1. The lowest BCUT2D eigenvalue weighted by Gasteiger charge is -2.13. The molecule has 0 fully saturated rings. The van der Waals surface area contributed by atoms with Crippen LogP contribution in [0.1, 0.15) is 34.2 Å². The Kier molecular flexibility index (Phi) is 5.27. The van der Waals surface area contributed by atoms with Gasteiger partial charge in [-0.05, 0) is 50.2 Å². The van der Waals surface area contributed by atoms with Gasteiger partial charge in [-0.3, -0.25) is 9.59 Å². The maximum Gasteiger partial charge on any atom is 0.262 e. The van der Waals surface area contributed by atoms with Gasteiger partial charge in [0.2, 0.25) is 5.43 Å². The highest BCUT2D eigenvalue weighted by atomic mass is 35.5. The van der Waals surface area contributed by atoms with Crippen molar-refractivity contribution in [3.8, 4) is 5.69 Å². The lowest BCUT2D eigenvalue weighted by Crippen LogP contribution is -2.25. The van der Waals surface area contributed by atoms with Crippen LogP contribution in [0.3, 0.4) is 0 Å². The third-order valence-electron chi connectivity index (χ3n) is 5.50. The highest BCUT2D eigenvalue weighted by Gasteiger charge is 2.26. The van der Waals surface area contributed by atoms with Gasteiger partial charge in [-0.2, -0.15) is 16.9 Å². The third-order valence-corrected chi connectivity index (χ3v) is 6.72. The summed E-state index contributed by atoms with van der Waals surface area (Å²) in [6.45, 7) is 4.42. The number of nitrogens with zero attached hydrogens (tertiary/aromatic N) is 4. The number of nitrogens with one attached hydrogen (secondary N) is 1. The van der Waals surface area contributed by atoms with Gasteiger partial charge in [-0.1, -0.05) is 11.6 Å². The summed E-state index contributed by atoms with van der Waals surface area (Å²) in [6, 6.07) is 10.8. The Labute approximate surface area is 193 Å². The van der Waals surface area contributed by atoms with Crippen molar-refractivity contribution < 1.29 is 4.79 Å². The van der Waals surface area contributed by atoms with Crippen molar-refractivity contribution >= 4 is 46.1 Å². The van der Waals surface area contributed by atoms with Gasteiger partial charge >= 0.3 is 0 Å². The molecule has 0 saturated carbocycles. The average Bonchev–Trinajstić information content (AvgIpc) is 3.37. The number of aromatic nitrogens is 4. The Morgan fingerprint density at radius 1 is 1.19 bits per heavy atom. The number of halogens is 1. The van der Waals surface area contributed by atoms with E-state index in [0.29, 0.717) is 28.4 Å². The van der Waals surface area contributed by atoms with Crippen LogP contribution in [0.25, 0.3) is 16.7 Å². The fraction of sp³-hybridized carbons (Fsp3) is 0.217. The maximum atomic E-state index is 13.3. The molecule has 4 aromatic rings. The van der Waals surface area contributed by atoms with E-state index in [0.717, 1.165) is 34.1 Å². The lowest BCUT2D eigenvalue weighted by molar-refractivity contribution is 0.102. The molecule has 1 N–H and O–H groups in total. The van der Waals surface area contributed by atoms with Crippen LogP contribution in [0.2, 0.25) is 5.02 Å². The number of rotatable bonds is 4. The zero-order valence-corrected chi connectivity index (χ0v) is 19.1. The standard InChI is InChI=1S/C23H20ClN5O2S/c1-3-28-10-17(20(30)16-9-4-13(2)25-21(16)28)23(31)26-22-18-11-32-12-19(18)27-29(22)15-7-5-14(24)6-8-15/h4-10H,3,11-12H2,1-2H3,(H,26,31). The first-order valence-corrected chi connectivity index (χ1v) is 11.8. The van der Waals surface area contributed by atoms with Gasteiger partial charge in [0, 0.05) is 40.5 Å². The molecule has 4 heterocycles. The van der Waals surface area contributed by atoms with E-state index in [-0.39, 0.29) is 11.0 Å². The minimum atomic E-state index is -0.463. The number of amides is 1. The van der Waals surface area contributed by atoms with Gasteiger partial charge in [0.05, 0.1) is 16.8 Å².